The molecule has 3 heteroatoms. The second-order valence-corrected chi connectivity index (χ2v) is 5.76. The molecule has 18 heavy (non-hydrogen) atoms. The molecule has 3 unspecified atom stereocenters. The topological polar surface area (TPSA) is 43.7 Å². The number of fused-ring (bicyclic) bond motifs is 1. The number of aliphatic hydroxyl groups is 2. The monoisotopic (exact) mass is 247 g/mol. The number of benzene rings is 1. The number of rotatable bonds is 2. The van der Waals surface area contributed by atoms with Crippen LogP contribution in [0.2, 0.25) is 0 Å². The van der Waals surface area contributed by atoms with Crippen LogP contribution in [0, 0.1) is 18.8 Å². The van der Waals surface area contributed by atoms with E-state index in [1.165, 1.54) is 5.56 Å². The van der Waals surface area contributed by atoms with Gasteiger partial charge in [-0.25, -0.2) is 0 Å². The number of hydrogen-bond acceptors (Lipinski definition) is 3. The summed E-state index contributed by atoms with van der Waals surface area (Å²) in [6.07, 6.45) is 1.98. The van der Waals surface area contributed by atoms with E-state index in [2.05, 4.69) is 23.1 Å². The van der Waals surface area contributed by atoms with Crippen LogP contribution in [0.1, 0.15) is 24.0 Å². The zero-order valence-corrected chi connectivity index (χ0v) is 10.8. The van der Waals surface area contributed by atoms with Gasteiger partial charge in [0.1, 0.15) is 0 Å². The van der Waals surface area contributed by atoms with Gasteiger partial charge >= 0.3 is 0 Å². The summed E-state index contributed by atoms with van der Waals surface area (Å²) in [7, 11) is 0. The summed E-state index contributed by atoms with van der Waals surface area (Å²) in [6.45, 7) is 4.09. The summed E-state index contributed by atoms with van der Waals surface area (Å²) in [6, 6.07) is 6.26. The van der Waals surface area contributed by atoms with E-state index in [1.807, 2.05) is 6.92 Å². The van der Waals surface area contributed by atoms with Crippen LogP contribution in [-0.4, -0.2) is 29.4 Å². The number of nitrogens with zero attached hydrogens (tertiary/aromatic N) is 1. The minimum absolute atomic E-state index is 0.0887. The van der Waals surface area contributed by atoms with E-state index in [4.69, 9.17) is 0 Å². The average Bonchev–Trinajstić information content (AvgIpc) is 2.92. The molecule has 0 bridgehead atoms. The molecule has 0 radical (unpaired) electrons. The molecule has 1 aromatic carbocycles. The highest BCUT2D eigenvalue weighted by atomic mass is 16.3. The molecule has 1 saturated carbocycles. The van der Waals surface area contributed by atoms with Gasteiger partial charge in [-0.2, -0.15) is 0 Å². The molecule has 3 nitrogen and oxygen atoms in total. The highest BCUT2D eigenvalue weighted by Crippen LogP contribution is 2.40. The molecule has 2 aliphatic rings. The maximum atomic E-state index is 9.96. The first kappa shape index (κ1) is 12.0. The first-order valence-corrected chi connectivity index (χ1v) is 6.82. The zero-order valence-electron chi connectivity index (χ0n) is 10.8. The molecule has 1 aliphatic carbocycles. The molecule has 98 valence electrons. The maximum absolute atomic E-state index is 9.96. The summed E-state index contributed by atoms with van der Waals surface area (Å²) >= 11 is 0. The molecule has 2 fully saturated rings. The summed E-state index contributed by atoms with van der Waals surface area (Å²) in [5.41, 5.74) is 3.33. The van der Waals surface area contributed by atoms with Crippen LogP contribution in [0.25, 0.3) is 0 Å². The predicted octanol–water partition coefficient (Wildman–Crippen LogP) is 1.69. The molecule has 1 aromatic rings. The molecule has 0 amide bonds. The minimum Gasteiger partial charge on any atom is -0.393 e. The fourth-order valence-corrected chi connectivity index (χ4v) is 3.58. The lowest BCUT2D eigenvalue weighted by atomic mass is 10.00. The molecule has 1 saturated heterocycles. The first-order chi connectivity index (χ1) is 8.69. The van der Waals surface area contributed by atoms with Gasteiger partial charge in [0.2, 0.25) is 0 Å². The van der Waals surface area contributed by atoms with Crippen LogP contribution >= 0.6 is 0 Å². The zero-order chi connectivity index (χ0) is 12.7. The van der Waals surface area contributed by atoms with Gasteiger partial charge < -0.3 is 15.1 Å². The van der Waals surface area contributed by atoms with E-state index >= 15 is 0 Å². The van der Waals surface area contributed by atoms with Crippen molar-refractivity contribution in [1.82, 2.24) is 0 Å². The molecule has 2 N–H and O–H groups in total. The molecule has 3 rings (SSSR count). The van der Waals surface area contributed by atoms with E-state index < -0.39 is 0 Å². The molecule has 0 aromatic heterocycles. The van der Waals surface area contributed by atoms with Crippen molar-refractivity contribution in [3.63, 3.8) is 0 Å². The summed E-state index contributed by atoms with van der Waals surface area (Å²) in [5.74, 6) is 1.06. The van der Waals surface area contributed by atoms with Crippen molar-refractivity contribution in [2.45, 2.75) is 32.5 Å². The molecular formula is C15H21NO2. The van der Waals surface area contributed by atoms with Gasteiger partial charge in [0.05, 0.1) is 12.7 Å². The SMILES string of the molecule is Cc1ccc(N2CC3CCC(O)C3C2)c(CO)c1. The third-order valence-electron chi connectivity index (χ3n) is 4.57. The lowest BCUT2D eigenvalue weighted by Crippen LogP contribution is -2.25. The number of hydrogen-bond donors (Lipinski definition) is 2. The Hall–Kier alpha value is -1.06. The molecular weight excluding hydrogens is 226 g/mol. The Kier molecular flexibility index (Phi) is 3.04. The predicted molar refractivity (Wildman–Crippen MR) is 71.5 cm³/mol. The molecule has 1 aliphatic heterocycles. The highest BCUT2D eigenvalue weighted by Gasteiger charge is 2.42. The lowest BCUT2D eigenvalue weighted by molar-refractivity contribution is 0.133. The Morgan fingerprint density at radius 3 is 2.83 bits per heavy atom. The Balaban J connectivity index is 1.84. The van der Waals surface area contributed by atoms with Gasteiger partial charge in [0.15, 0.2) is 0 Å². The Labute approximate surface area is 108 Å². The van der Waals surface area contributed by atoms with Gasteiger partial charge in [0, 0.05) is 30.3 Å². The Morgan fingerprint density at radius 2 is 2.11 bits per heavy atom. The van der Waals surface area contributed by atoms with E-state index in [1.54, 1.807) is 0 Å². The first-order valence-electron chi connectivity index (χ1n) is 6.82. The van der Waals surface area contributed by atoms with Crippen molar-refractivity contribution in [3.8, 4) is 0 Å². The molecule has 1 heterocycles. The highest BCUT2D eigenvalue weighted by molar-refractivity contribution is 5.55. The van der Waals surface area contributed by atoms with Crippen LogP contribution in [0.15, 0.2) is 18.2 Å². The smallest absolute Gasteiger partial charge is 0.0702 e. The summed E-state index contributed by atoms with van der Waals surface area (Å²) in [4.78, 5) is 2.34. The number of aryl methyl sites for hydroxylation is 1. The largest absolute Gasteiger partial charge is 0.393 e. The van der Waals surface area contributed by atoms with Crippen LogP contribution in [0.4, 0.5) is 5.69 Å². The lowest BCUT2D eigenvalue weighted by Gasteiger charge is -2.23. The van der Waals surface area contributed by atoms with Crippen LogP contribution < -0.4 is 4.90 Å². The maximum Gasteiger partial charge on any atom is 0.0702 e. The Bertz CT molecular complexity index is 446. The van der Waals surface area contributed by atoms with Gasteiger partial charge in [0.25, 0.3) is 0 Å². The minimum atomic E-state index is -0.122. The van der Waals surface area contributed by atoms with E-state index in [0.717, 1.165) is 37.2 Å². The van der Waals surface area contributed by atoms with Crippen molar-refractivity contribution in [3.05, 3.63) is 29.3 Å². The van der Waals surface area contributed by atoms with E-state index in [9.17, 15) is 10.2 Å². The van der Waals surface area contributed by atoms with Crippen molar-refractivity contribution in [2.75, 3.05) is 18.0 Å². The van der Waals surface area contributed by atoms with Gasteiger partial charge in [-0.05, 0) is 31.7 Å². The second-order valence-electron chi connectivity index (χ2n) is 5.76. The summed E-state index contributed by atoms with van der Waals surface area (Å²) < 4.78 is 0. The molecule has 3 atom stereocenters. The third-order valence-corrected chi connectivity index (χ3v) is 4.57. The van der Waals surface area contributed by atoms with Crippen molar-refractivity contribution < 1.29 is 10.2 Å². The number of anilines is 1. The van der Waals surface area contributed by atoms with E-state index in [0.29, 0.717) is 11.8 Å². The van der Waals surface area contributed by atoms with Crippen LogP contribution in [0.5, 0.6) is 0 Å². The van der Waals surface area contributed by atoms with Crippen molar-refractivity contribution in [1.29, 1.82) is 0 Å². The summed E-state index contributed by atoms with van der Waals surface area (Å²) in [5, 5.41) is 19.4. The van der Waals surface area contributed by atoms with Gasteiger partial charge in [-0.1, -0.05) is 17.7 Å². The van der Waals surface area contributed by atoms with Gasteiger partial charge in [-0.3, -0.25) is 0 Å². The average molecular weight is 247 g/mol. The Morgan fingerprint density at radius 1 is 1.28 bits per heavy atom. The fourth-order valence-electron chi connectivity index (χ4n) is 3.58. The van der Waals surface area contributed by atoms with Gasteiger partial charge in [-0.15, -0.1) is 0 Å². The normalized spacial score (nSPS) is 30.8. The van der Waals surface area contributed by atoms with E-state index in [-0.39, 0.29) is 12.7 Å². The molecule has 0 spiro atoms. The van der Waals surface area contributed by atoms with Crippen LogP contribution in [-0.2, 0) is 6.61 Å². The second kappa shape index (κ2) is 4.56. The standard InChI is InChI=1S/C15H21NO2/c1-10-2-4-14(12(6-10)9-17)16-7-11-3-5-15(18)13(11)8-16/h2,4,6,11,13,15,17-18H,3,5,7-9H2,1H3. The van der Waals surface area contributed by atoms with Crippen LogP contribution in [0.3, 0.4) is 0 Å². The van der Waals surface area contributed by atoms with Crippen molar-refractivity contribution >= 4 is 5.69 Å². The van der Waals surface area contributed by atoms with Crippen molar-refractivity contribution in [2.24, 2.45) is 11.8 Å². The number of aliphatic hydroxyl groups excluding tert-OH is 2. The quantitative estimate of drug-likeness (QED) is 0.836. The fraction of sp³-hybridized carbons (Fsp3) is 0.600. The third kappa shape index (κ3) is 1.91.